The Morgan fingerprint density at radius 1 is 1.34 bits per heavy atom. The molecule has 1 saturated heterocycles. The number of halogens is 1. The highest BCUT2D eigenvalue weighted by atomic mass is 35.5. The molecule has 2 heterocycles. The summed E-state index contributed by atoms with van der Waals surface area (Å²) in [6.07, 6.45) is -1.07. The Bertz CT molecular complexity index is 1340. The normalized spacial score (nSPS) is 18.6. The summed E-state index contributed by atoms with van der Waals surface area (Å²) >= 11 is 13.1. The topological polar surface area (TPSA) is 143 Å². The van der Waals surface area contributed by atoms with E-state index in [1.807, 2.05) is 6.07 Å². The van der Waals surface area contributed by atoms with Gasteiger partial charge in [0.15, 0.2) is 11.5 Å². The predicted octanol–water partition coefficient (Wildman–Crippen LogP) is 4.68. The number of carbonyl (C=O) groups is 2. The molecule has 10 nitrogen and oxygen atoms in total. The molecule has 1 aliphatic rings. The van der Waals surface area contributed by atoms with E-state index in [1.165, 1.54) is 37.3 Å². The quantitative estimate of drug-likeness (QED) is 0.0656. The molecule has 1 amide bonds. The van der Waals surface area contributed by atoms with Crippen molar-refractivity contribution in [2.45, 2.75) is 45.9 Å². The van der Waals surface area contributed by atoms with Crippen molar-refractivity contribution >= 4 is 57.6 Å². The summed E-state index contributed by atoms with van der Waals surface area (Å²) in [6, 6.07) is 9.06. The number of nitrogens with zero attached hydrogens (tertiary/aromatic N) is 3. The molecule has 13 heteroatoms. The number of likely N-dealkylation sites (tertiary alicyclic amines) is 1. The van der Waals surface area contributed by atoms with Gasteiger partial charge >= 0.3 is 0 Å². The van der Waals surface area contributed by atoms with Gasteiger partial charge in [-0.2, -0.15) is 5.26 Å². The van der Waals surface area contributed by atoms with E-state index in [2.05, 4.69) is 0 Å². The SMILES string of the molecule is C[C@@H](O)[C@H]1C(=O)N(C(C(=S)OCc2ccc([N+](=O)[O-])cc2)=C(Oc2ccsc2C#N)C(=O)C(C)(C)C)[C@H]1Cl. The molecule has 2 aromatic rings. The zero-order chi connectivity index (χ0) is 28.4. The third kappa shape index (κ3) is 6.02. The fourth-order valence-corrected chi connectivity index (χ4v) is 4.86. The molecule has 1 aromatic carbocycles. The molecule has 0 spiro atoms. The number of hydrogen-bond donors (Lipinski definition) is 1. The van der Waals surface area contributed by atoms with Gasteiger partial charge in [-0.3, -0.25) is 24.6 Å². The van der Waals surface area contributed by atoms with Crippen LogP contribution < -0.4 is 4.74 Å². The van der Waals surface area contributed by atoms with Crippen molar-refractivity contribution in [3.05, 3.63) is 67.7 Å². The lowest BCUT2D eigenvalue weighted by Crippen LogP contribution is -2.62. The molecule has 1 fully saturated rings. The van der Waals surface area contributed by atoms with E-state index in [1.54, 1.807) is 26.2 Å². The van der Waals surface area contributed by atoms with Gasteiger partial charge in [-0.15, -0.1) is 11.3 Å². The molecule has 1 N–H and O–H groups in total. The van der Waals surface area contributed by atoms with Crippen LogP contribution in [0.5, 0.6) is 5.75 Å². The van der Waals surface area contributed by atoms with Gasteiger partial charge in [-0.25, -0.2) is 0 Å². The minimum Gasteiger partial charge on any atom is -0.477 e. The number of aliphatic hydroxyl groups excluding tert-OH is 1. The maximum Gasteiger partial charge on any atom is 0.269 e. The lowest BCUT2D eigenvalue weighted by atomic mass is 9.87. The standard InChI is InChI=1S/C25H24ClN3O7S2/c1-13(30)18-22(26)28(23(18)32)19(24(37)35-12-14-5-7-15(8-6-14)29(33)34)20(21(31)25(2,3)4)36-16-9-10-38-17(16)11-27/h5-10,13,18,22,30H,12H2,1-4H3/t13-,18-,22-/m1/s1. The molecule has 0 radical (unpaired) electrons. The first-order valence-electron chi connectivity index (χ1n) is 11.3. The Morgan fingerprint density at radius 3 is 2.47 bits per heavy atom. The van der Waals surface area contributed by atoms with Crippen LogP contribution in [0.4, 0.5) is 5.69 Å². The largest absolute Gasteiger partial charge is 0.477 e. The maximum atomic E-state index is 13.6. The van der Waals surface area contributed by atoms with Crippen LogP contribution in [0.1, 0.15) is 38.1 Å². The van der Waals surface area contributed by atoms with Crippen molar-refractivity contribution in [1.29, 1.82) is 5.26 Å². The van der Waals surface area contributed by atoms with Gasteiger partial charge in [0.1, 0.15) is 28.8 Å². The minimum absolute atomic E-state index is 0.0898. The molecule has 0 aliphatic carbocycles. The fourth-order valence-electron chi connectivity index (χ4n) is 3.49. The van der Waals surface area contributed by atoms with Crippen molar-refractivity contribution < 1.29 is 29.1 Å². The van der Waals surface area contributed by atoms with Gasteiger partial charge in [0.25, 0.3) is 5.69 Å². The second kappa shape index (κ2) is 11.6. The highest BCUT2D eigenvalue weighted by molar-refractivity contribution is 7.80. The first-order chi connectivity index (χ1) is 17.8. The van der Waals surface area contributed by atoms with Crippen LogP contribution in [0, 0.1) is 32.8 Å². The minimum atomic E-state index is -1.07. The van der Waals surface area contributed by atoms with Crippen LogP contribution in [0.2, 0.25) is 0 Å². The number of aliphatic hydroxyl groups is 1. The zero-order valence-corrected chi connectivity index (χ0v) is 23.2. The molecule has 1 aromatic heterocycles. The zero-order valence-electron chi connectivity index (χ0n) is 20.8. The van der Waals surface area contributed by atoms with E-state index >= 15 is 0 Å². The molecule has 1 aliphatic heterocycles. The number of nitriles is 1. The molecular weight excluding hydrogens is 554 g/mol. The number of carbonyl (C=O) groups excluding carboxylic acids is 2. The molecule has 0 unspecified atom stereocenters. The predicted molar refractivity (Wildman–Crippen MR) is 143 cm³/mol. The number of alkyl halides is 1. The lowest BCUT2D eigenvalue weighted by Gasteiger charge is -2.45. The van der Waals surface area contributed by atoms with Crippen molar-refractivity contribution in [2.24, 2.45) is 11.3 Å². The third-order valence-electron chi connectivity index (χ3n) is 5.58. The molecule has 0 bridgehead atoms. The van der Waals surface area contributed by atoms with Gasteiger partial charge in [0.05, 0.1) is 16.9 Å². The molecular formula is C25H24ClN3O7S2. The van der Waals surface area contributed by atoms with Gasteiger partial charge in [-0.05, 0) is 48.3 Å². The Kier molecular flexibility index (Phi) is 8.89. The van der Waals surface area contributed by atoms with E-state index in [0.29, 0.717) is 5.56 Å². The van der Waals surface area contributed by atoms with E-state index in [-0.39, 0.29) is 39.4 Å². The number of Topliss-reactive ketones (excluding diaryl/α,β-unsaturated/α-hetero) is 1. The van der Waals surface area contributed by atoms with Gasteiger partial charge < -0.3 is 14.6 Å². The molecule has 200 valence electrons. The number of ketones is 1. The highest BCUT2D eigenvalue weighted by Gasteiger charge is 2.53. The summed E-state index contributed by atoms with van der Waals surface area (Å²) in [6.45, 7) is 6.21. The fraction of sp³-hybridized carbons (Fsp3) is 0.360. The van der Waals surface area contributed by atoms with Gasteiger partial charge in [0.2, 0.25) is 16.7 Å². The number of ether oxygens (including phenoxy) is 2. The second-order valence-corrected chi connectivity index (χ2v) is 11.2. The van der Waals surface area contributed by atoms with Crippen molar-refractivity contribution in [3.8, 4) is 11.8 Å². The Hall–Kier alpha value is -3.37. The van der Waals surface area contributed by atoms with E-state index < -0.39 is 39.6 Å². The number of thiophene rings is 1. The lowest BCUT2D eigenvalue weighted by molar-refractivity contribution is -0.384. The van der Waals surface area contributed by atoms with Crippen LogP contribution in [0.25, 0.3) is 0 Å². The Morgan fingerprint density at radius 2 is 1.97 bits per heavy atom. The van der Waals surface area contributed by atoms with Crippen LogP contribution in [0.15, 0.2) is 47.2 Å². The van der Waals surface area contributed by atoms with Crippen molar-refractivity contribution in [1.82, 2.24) is 4.90 Å². The number of thiocarbonyl (C=S) groups is 1. The average Bonchev–Trinajstić information content (AvgIpc) is 3.30. The number of non-ortho nitro benzene ring substituents is 1. The Balaban J connectivity index is 2.08. The molecule has 3 atom stereocenters. The van der Waals surface area contributed by atoms with Crippen molar-refractivity contribution in [3.63, 3.8) is 0 Å². The van der Waals surface area contributed by atoms with Crippen LogP contribution in [-0.2, 0) is 20.9 Å². The number of β-lactam (4-membered cyclic amide) rings is 1. The van der Waals surface area contributed by atoms with E-state index in [9.17, 15) is 30.1 Å². The van der Waals surface area contributed by atoms with Crippen molar-refractivity contribution in [2.75, 3.05) is 0 Å². The van der Waals surface area contributed by atoms with Gasteiger partial charge in [0, 0.05) is 17.5 Å². The smallest absolute Gasteiger partial charge is 0.269 e. The van der Waals surface area contributed by atoms with Crippen LogP contribution >= 0.6 is 35.2 Å². The summed E-state index contributed by atoms with van der Waals surface area (Å²) < 4.78 is 11.7. The van der Waals surface area contributed by atoms with E-state index in [0.717, 1.165) is 16.2 Å². The third-order valence-corrected chi connectivity index (χ3v) is 7.16. The first kappa shape index (κ1) is 29.2. The average molecular weight is 578 g/mol. The monoisotopic (exact) mass is 577 g/mol. The number of benzene rings is 1. The number of rotatable bonds is 9. The number of amides is 1. The van der Waals surface area contributed by atoms with E-state index in [4.69, 9.17) is 33.3 Å². The van der Waals surface area contributed by atoms with Gasteiger partial charge in [-0.1, -0.05) is 32.4 Å². The summed E-state index contributed by atoms with van der Waals surface area (Å²) in [5, 5.41) is 31.7. The summed E-state index contributed by atoms with van der Waals surface area (Å²) in [5.74, 6) is -2.34. The number of nitro benzene ring substituents is 1. The second-order valence-electron chi connectivity index (χ2n) is 9.43. The highest BCUT2D eigenvalue weighted by Crippen LogP contribution is 2.40. The summed E-state index contributed by atoms with van der Waals surface area (Å²) in [4.78, 5) is 38.3. The molecule has 38 heavy (non-hydrogen) atoms. The molecule has 3 rings (SSSR count). The number of hydrogen-bond acceptors (Lipinski definition) is 10. The maximum absolute atomic E-state index is 13.6. The number of nitro groups is 1. The molecule has 0 saturated carbocycles. The first-order valence-corrected chi connectivity index (χ1v) is 13.0. The summed E-state index contributed by atoms with van der Waals surface area (Å²) in [5.41, 5.74) is -1.85. The Labute approximate surface area is 233 Å². The summed E-state index contributed by atoms with van der Waals surface area (Å²) in [7, 11) is 0. The number of allylic oxidation sites excluding steroid dienone is 1. The van der Waals surface area contributed by atoms with Crippen LogP contribution in [-0.4, -0.2) is 43.3 Å². The van der Waals surface area contributed by atoms with Crippen LogP contribution in [0.3, 0.4) is 0 Å².